The number of aryl methyl sites for hydroxylation is 1. The molecule has 2 aromatic rings. The van der Waals surface area contributed by atoms with E-state index < -0.39 is 0 Å². The minimum atomic E-state index is 0.800. The van der Waals surface area contributed by atoms with Crippen molar-refractivity contribution in [2.75, 3.05) is 17.7 Å². The van der Waals surface area contributed by atoms with Gasteiger partial charge in [-0.2, -0.15) is 0 Å². The second-order valence-corrected chi connectivity index (χ2v) is 4.25. The number of hydrogen-bond donors (Lipinski definition) is 1. The van der Waals surface area contributed by atoms with E-state index in [9.17, 15) is 0 Å². The van der Waals surface area contributed by atoms with E-state index in [1.54, 1.807) is 0 Å². The third-order valence-corrected chi connectivity index (χ3v) is 2.71. The molecular formula is C14H17N3. The lowest BCUT2D eigenvalue weighted by atomic mass is 10.2. The van der Waals surface area contributed by atoms with Crippen LogP contribution in [0.5, 0.6) is 0 Å². The van der Waals surface area contributed by atoms with Crippen LogP contribution in [0, 0.1) is 6.92 Å². The highest BCUT2D eigenvalue weighted by Crippen LogP contribution is 2.17. The number of pyridine rings is 1. The Morgan fingerprint density at radius 2 is 2.06 bits per heavy atom. The van der Waals surface area contributed by atoms with Crippen LogP contribution >= 0.6 is 0 Å². The Morgan fingerprint density at radius 1 is 1.24 bits per heavy atom. The first kappa shape index (κ1) is 11.5. The summed E-state index contributed by atoms with van der Waals surface area (Å²) in [5.74, 6) is 1.01. The van der Waals surface area contributed by atoms with E-state index in [0.717, 1.165) is 18.1 Å². The molecule has 88 valence electrons. The molecule has 3 heteroatoms. The second kappa shape index (κ2) is 4.87. The molecule has 1 aromatic heterocycles. The molecule has 0 saturated carbocycles. The Morgan fingerprint density at radius 3 is 2.76 bits per heavy atom. The fraction of sp³-hybridized carbons (Fsp3) is 0.214. The highest BCUT2D eigenvalue weighted by molar-refractivity contribution is 5.47. The number of anilines is 2. The van der Waals surface area contributed by atoms with Crippen LogP contribution in [-0.2, 0) is 6.54 Å². The summed E-state index contributed by atoms with van der Waals surface area (Å²) in [6.45, 7) is 2.88. The van der Waals surface area contributed by atoms with Crippen LogP contribution in [0.1, 0.15) is 11.1 Å². The van der Waals surface area contributed by atoms with Crippen molar-refractivity contribution in [3.05, 3.63) is 53.7 Å². The Kier molecular flexibility index (Phi) is 3.28. The smallest absolute Gasteiger partial charge is 0.131 e. The van der Waals surface area contributed by atoms with Gasteiger partial charge in [-0.15, -0.1) is 0 Å². The Hall–Kier alpha value is -2.03. The zero-order valence-corrected chi connectivity index (χ0v) is 10.2. The molecule has 0 fully saturated rings. The Bertz CT molecular complexity index is 508. The quantitative estimate of drug-likeness (QED) is 0.819. The average molecular weight is 227 g/mol. The van der Waals surface area contributed by atoms with Gasteiger partial charge in [0.05, 0.1) is 0 Å². The molecule has 0 radical (unpaired) electrons. The maximum absolute atomic E-state index is 5.77. The van der Waals surface area contributed by atoms with E-state index in [1.165, 1.54) is 11.1 Å². The van der Waals surface area contributed by atoms with E-state index in [0.29, 0.717) is 0 Å². The molecule has 2 N–H and O–H groups in total. The van der Waals surface area contributed by atoms with E-state index in [-0.39, 0.29) is 0 Å². The van der Waals surface area contributed by atoms with Gasteiger partial charge >= 0.3 is 0 Å². The Balaban J connectivity index is 2.17. The summed E-state index contributed by atoms with van der Waals surface area (Å²) < 4.78 is 0. The van der Waals surface area contributed by atoms with Crippen LogP contribution in [0.4, 0.5) is 11.5 Å². The number of aromatic nitrogens is 1. The predicted octanol–water partition coefficient (Wildman–Crippen LogP) is 2.61. The van der Waals surface area contributed by atoms with Crippen molar-refractivity contribution >= 4 is 11.5 Å². The fourth-order valence-electron chi connectivity index (χ4n) is 1.92. The number of nitrogens with two attached hydrogens (primary N) is 1. The average Bonchev–Trinajstić information content (AvgIpc) is 2.29. The molecule has 0 atom stereocenters. The maximum Gasteiger partial charge on any atom is 0.131 e. The largest absolute Gasteiger partial charge is 0.399 e. The van der Waals surface area contributed by atoms with Crippen LogP contribution < -0.4 is 10.6 Å². The van der Waals surface area contributed by atoms with Gasteiger partial charge in [0.2, 0.25) is 0 Å². The molecule has 0 bridgehead atoms. The van der Waals surface area contributed by atoms with Crippen molar-refractivity contribution in [3.63, 3.8) is 0 Å². The molecule has 0 aliphatic rings. The van der Waals surface area contributed by atoms with Gasteiger partial charge in [-0.05, 0) is 36.2 Å². The normalized spacial score (nSPS) is 10.2. The lowest BCUT2D eigenvalue weighted by molar-refractivity contribution is 0.891. The van der Waals surface area contributed by atoms with E-state index >= 15 is 0 Å². The summed E-state index contributed by atoms with van der Waals surface area (Å²) in [5.41, 5.74) is 8.94. The summed E-state index contributed by atoms with van der Waals surface area (Å²) in [6.07, 6.45) is 1.82. The van der Waals surface area contributed by atoms with Gasteiger partial charge < -0.3 is 10.6 Å². The highest BCUT2D eigenvalue weighted by Gasteiger charge is 2.06. The zero-order chi connectivity index (χ0) is 12.3. The van der Waals surface area contributed by atoms with Gasteiger partial charge in [-0.1, -0.05) is 18.2 Å². The fourth-order valence-corrected chi connectivity index (χ4v) is 1.92. The van der Waals surface area contributed by atoms with E-state index in [1.807, 2.05) is 37.5 Å². The molecule has 1 aromatic carbocycles. The van der Waals surface area contributed by atoms with Gasteiger partial charge in [-0.25, -0.2) is 4.98 Å². The number of nitrogen functional groups attached to an aromatic ring is 1. The molecule has 0 amide bonds. The van der Waals surface area contributed by atoms with Crippen molar-refractivity contribution in [1.29, 1.82) is 0 Å². The first-order valence-electron chi connectivity index (χ1n) is 5.64. The first-order valence-corrected chi connectivity index (χ1v) is 5.64. The van der Waals surface area contributed by atoms with Crippen LogP contribution in [0.2, 0.25) is 0 Å². The van der Waals surface area contributed by atoms with Crippen LogP contribution in [0.3, 0.4) is 0 Å². The number of nitrogens with zero attached hydrogens (tertiary/aromatic N) is 2. The van der Waals surface area contributed by atoms with Crippen LogP contribution in [0.15, 0.2) is 42.6 Å². The highest BCUT2D eigenvalue weighted by atomic mass is 15.2. The number of rotatable bonds is 3. The minimum absolute atomic E-state index is 0.800. The molecule has 0 aliphatic carbocycles. The molecule has 0 unspecified atom stereocenters. The topological polar surface area (TPSA) is 42.2 Å². The molecule has 1 heterocycles. The van der Waals surface area contributed by atoms with Crippen molar-refractivity contribution in [3.8, 4) is 0 Å². The van der Waals surface area contributed by atoms with Gasteiger partial charge in [0.1, 0.15) is 5.82 Å². The summed E-state index contributed by atoms with van der Waals surface area (Å²) in [7, 11) is 2.04. The summed E-state index contributed by atoms with van der Waals surface area (Å²) >= 11 is 0. The minimum Gasteiger partial charge on any atom is -0.399 e. The molecule has 3 nitrogen and oxygen atoms in total. The lowest BCUT2D eigenvalue weighted by Gasteiger charge is -2.20. The second-order valence-electron chi connectivity index (χ2n) is 4.25. The van der Waals surface area contributed by atoms with E-state index in [2.05, 4.69) is 28.9 Å². The summed E-state index contributed by atoms with van der Waals surface area (Å²) in [6, 6.07) is 12.0. The lowest BCUT2D eigenvalue weighted by Crippen LogP contribution is -2.18. The molecule has 2 rings (SSSR count). The van der Waals surface area contributed by atoms with Gasteiger partial charge in [-0.3, -0.25) is 0 Å². The molecule has 0 saturated heterocycles. The third-order valence-electron chi connectivity index (χ3n) is 2.71. The molecular weight excluding hydrogens is 210 g/mol. The summed E-state index contributed by atoms with van der Waals surface area (Å²) in [4.78, 5) is 6.52. The zero-order valence-electron chi connectivity index (χ0n) is 10.2. The SMILES string of the molecule is Cc1cccnc1N(C)Cc1cccc(N)c1. The summed E-state index contributed by atoms with van der Waals surface area (Å²) in [5, 5.41) is 0. The van der Waals surface area contributed by atoms with Crippen molar-refractivity contribution < 1.29 is 0 Å². The third kappa shape index (κ3) is 2.75. The van der Waals surface area contributed by atoms with Gasteiger partial charge in [0.15, 0.2) is 0 Å². The Labute approximate surface area is 102 Å². The van der Waals surface area contributed by atoms with Crippen LogP contribution in [-0.4, -0.2) is 12.0 Å². The first-order chi connectivity index (χ1) is 8.16. The predicted molar refractivity (Wildman–Crippen MR) is 71.9 cm³/mol. The number of benzene rings is 1. The van der Waals surface area contributed by atoms with Gasteiger partial charge in [0.25, 0.3) is 0 Å². The number of hydrogen-bond acceptors (Lipinski definition) is 3. The van der Waals surface area contributed by atoms with E-state index in [4.69, 9.17) is 5.73 Å². The molecule has 0 spiro atoms. The van der Waals surface area contributed by atoms with Crippen molar-refractivity contribution in [2.24, 2.45) is 0 Å². The molecule has 0 aliphatic heterocycles. The molecule has 17 heavy (non-hydrogen) atoms. The maximum atomic E-state index is 5.77. The van der Waals surface area contributed by atoms with Crippen LogP contribution in [0.25, 0.3) is 0 Å². The monoisotopic (exact) mass is 227 g/mol. The van der Waals surface area contributed by atoms with Crippen molar-refractivity contribution in [1.82, 2.24) is 4.98 Å². The standard InChI is InChI=1S/C14H17N3/c1-11-5-4-8-16-14(11)17(2)10-12-6-3-7-13(15)9-12/h3-9H,10,15H2,1-2H3. The van der Waals surface area contributed by atoms with Crippen molar-refractivity contribution in [2.45, 2.75) is 13.5 Å². The van der Waals surface area contributed by atoms with Gasteiger partial charge in [0, 0.05) is 25.5 Å².